The number of alkyl halides is 3. The Hall–Kier alpha value is -1.46. The molecule has 0 fully saturated rings. The van der Waals surface area contributed by atoms with Crippen LogP contribution in [0.2, 0.25) is 0 Å². The summed E-state index contributed by atoms with van der Waals surface area (Å²) in [5.74, 6) is 0. The van der Waals surface area contributed by atoms with Gasteiger partial charge in [0.05, 0.1) is 23.8 Å². The van der Waals surface area contributed by atoms with E-state index in [1.54, 1.807) is 19.2 Å². The molecule has 0 aliphatic carbocycles. The molecule has 0 aliphatic heterocycles. The van der Waals surface area contributed by atoms with Crippen LogP contribution in [0, 0.1) is 0 Å². The lowest BCUT2D eigenvalue weighted by Crippen LogP contribution is -2.34. The average molecular weight is 261 g/mol. The number of nitrogens with zero attached hydrogens (tertiary/aromatic N) is 2. The van der Waals surface area contributed by atoms with E-state index in [0.717, 1.165) is 18.7 Å². The highest BCUT2D eigenvalue weighted by atomic mass is 19.4. The van der Waals surface area contributed by atoms with Crippen LogP contribution in [0.15, 0.2) is 18.5 Å². The zero-order chi connectivity index (χ0) is 13.6. The number of hydrogen-bond donors (Lipinski definition) is 1. The van der Waals surface area contributed by atoms with Gasteiger partial charge in [-0.1, -0.05) is 6.92 Å². The second-order valence-electron chi connectivity index (χ2n) is 3.99. The topological polar surface area (TPSA) is 28.2 Å². The molecule has 0 saturated carbocycles. The first-order chi connectivity index (χ1) is 8.46. The van der Waals surface area contributed by atoms with Gasteiger partial charge in [0.15, 0.2) is 0 Å². The standard InChI is InChI=1S/C12H18F3N3/c1-3-5-17-10-6-11(8-16-7-10)18(4-2)9-12(13,14)15/h6-8,17H,3-5,9H2,1-2H3. The fourth-order valence-electron chi connectivity index (χ4n) is 1.57. The van der Waals surface area contributed by atoms with Gasteiger partial charge in [0, 0.05) is 13.1 Å². The molecular formula is C12H18F3N3. The number of pyridine rings is 1. The summed E-state index contributed by atoms with van der Waals surface area (Å²) < 4.78 is 37.2. The summed E-state index contributed by atoms with van der Waals surface area (Å²) in [4.78, 5) is 5.22. The number of nitrogens with one attached hydrogen (secondary N) is 1. The van der Waals surface area contributed by atoms with E-state index >= 15 is 0 Å². The maximum absolute atomic E-state index is 12.4. The molecule has 0 aliphatic rings. The summed E-state index contributed by atoms with van der Waals surface area (Å²) in [6, 6.07) is 1.69. The third-order valence-electron chi connectivity index (χ3n) is 2.42. The zero-order valence-corrected chi connectivity index (χ0v) is 10.6. The molecule has 6 heteroatoms. The maximum Gasteiger partial charge on any atom is 0.405 e. The average Bonchev–Trinajstić information content (AvgIpc) is 2.32. The number of rotatable bonds is 6. The summed E-state index contributed by atoms with van der Waals surface area (Å²) in [5.41, 5.74) is 1.23. The minimum Gasteiger partial charge on any atom is -0.384 e. The lowest BCUT2D eigenvalue weighted by Gasteiger charge is -2.24. The minimum atomic E-state index is -4.21. The first-order valence-corrected chi connectivity index (χ1v) is 5.97. The molecule has 1 aromatic heterocycles. The summed E-state index contributed by atoms with van der Waals surface area (Å²) in [6.07, 6.45) is -0.194. The van der Waals surface area contributed by atoms with Gasteiger partial charge in [-0.25, -0.2) is 0 Å². The SMILES string of the molecule is CCCNc1cncc(N(CC)CC(F)(F)F)c1. The lowest BCUT2D eigenvalue weighted by atomic mass is 10.3. The van der Waals surface area contributed by atoms with Gasteiger partial charge in [-0.15, -0.1) is 0 Å². The van der Waals surface area contributed by atoms with E-state index in [0.29, 0.717) is 12.2 Å². The third-order valence-corrected chi connectivity index (χ3v) is 2.42. The van der Waals surface area contributed by atoms with Crippen molar-refractivity contribution in [2.24, 2.45) is 0 Å². The fourth-order valence-corrected chi connectivity index (χ4v) is 1.57. The van der Waals surface area contributed by atoms with Gasteiger partial charge in [-0.05, 0) is 19.4 Å². The quantitative estimate of drug-likeness (QED) is 0.851. The van der Waals surface area contributed by atoms with Crippen molar-refractivity contribution in [2.45, 2.75) is 26.4 Å². The van der Waals surface area contributed by atoms with Gasteiger partial charge >= 0.3 is 6.18 Å². The second kappa shape index (κ2) is 6.47. The molecule has 1 aromatic rings. The van der Waals surface area contributed by atoms with Crippen LogP contribution in [0.3, 0.4) is 0 Å². The molecule has 0 bridgehead atoms. The van der Waals surface area contributed by atoms with Gasteiger partial charge in [0.2, 0.25) is 0 Å². The van der Waals surface area contributed by atoms with Gasteiger partial charge < -0.3 is 10.2 Å². The van der Waals surface area contributed by atoms with E-state index in [1.807, 2.05) is 6.92 Å². The number of hydrogen-bond acceptors (Lipinski definition) is 3. The lowest BCUT2D eigenvalue weighted by molar-refractivity contribution is -0.119. The summed E-state index contributed by atoms with van der Waals surface area (Å²) >= 11 is 0. The van der Waals surface area contributed by atoms with E-state index in [1.165, 1.54) is 11.1 Å². The smallest absolute Gasteiger partial charge is 0.384 e. The molecule has 1 rings (SSSR count). The molecule has 0 unspecified atom stereocenters. The Morgan fingerprint density at radius 1 is 1.28 bits per heavy atom. The highest BCUT2D eigenvalue weighted by molar-refractivity contribution is 5.55. The third kappa shape index (κ3) is 4.81. The van der Waals surface area contributed by atoms with Gasteiger partial charge in [0.25, 0.3) is 0 Å². The van der Waals surface area contributed by atoms with Gasteiger partial charge in [0.1, 0.15) is 6.54 Å². The van der Waals surface area contributed by atoms with Crippen molar-refractivity contribution in [3.05, 3.63) is 18.5 Å². The van der Waals surface area contributed by atoms with Crippen LogP contribution >= 0.6 is 0 Å². The molecule has 102 valence electrons. The number of anilines is 2. The molecule has 3 nitrogen and oxygen atoms in total. The summed E-state index contributed by atoms with van der Waals surface area (Å²) in [7, 11) is 0. The second-order valence-corrected chi connectivity index (χ2v) is 3.99. The Morgan fingerprint density at radius 2 is 2.00 bits per heavy atom. The molecule has 0 spiro atoms. The first-order valence-electron chi connectivity index (χ1n) is 5.97. The monoisotopic (exact) mass is 261 g/mol. The van der Waals surface area contributed by atoms with Crippen molar-refractivity contribution in [1.82, 2.24) is 4.98 Å². The van der Waals surface area contributed by atoms with Gasteiger partial charge in [-0.2, -0.15) is 13.2 Å². The van der Waals surface area contributed by atoms with Crippen molar-refractivity contribution in [3.8, 4) is 0 Å². The summed E-state index contributed by atoms with van der Waals surface area (Å²) in [5, 5.41) is 3.11. The summed E-state index contributed by atoms with van der Waals surface area (Å²) in [6.45, 7) is 3.82. The van der Waals surface area contributed by atoms with Crippen molar-refractivity contribution >= 4 is 11.4 Å². The van der Waals surface area contributed by atoms with Crippen molar-refractivity contribution in [1.29, 1.82) is 0 Å². The van der Waals surface area contributed by atoms with Crippen molar-refractivity contribution < 1.29 is 13.2 Å². The van der Waals surface area contributed by atoms with Crippen LogP contribution in [0.25, 0.3) is 0 Å². The van der Waals surface area contributed by atoms with E-state index in [-0.39, 0.29) is 0 Å². The highest BCUT2D eigenvalue weighted by Crippen LogP contribution is 2.23. The van der Waals surface area contributed by atoms with E-state index in [9.17, 15) is 13.2 Å². The predicted molar refractivity (Wildman–Crippen MR) is 67.0 cm³/mol. The van der Waals surface area contributed by atoms with Crippen LogP contribution in [0.1, 0.15) is 20.3 Å². The first kappa shape index (κ1) is 14.6. The van der Waals surface area contributed by atoms with Crippen LogP contribution in [0.4, 0.5) is 24.5 Å². The molecule has 0 aromatic carbocycles. The Bertz CT molecular complexity index is 366. The molecule has 1 heterocycles. The number of aromatic nitrogens is 1. The Balaban J connectivity index is 2.79. The normalized spacial score (nSPS) is 11.4. The van der Waals surface area contributed by atoms with Crippen LogP contribution in [-0.4, -0.2) is 30.8 Å². The largest absolute Gasteiger partial charge is 0.405 e. The van der Waals surface area contributed by atoms with Crippen LogP contribution in [-0.2, 0) is 0 Å². The Kier molecular flexibility index (Phi) is 5.25. The Labute approximate surface area is 105 Å². The minimum absolute atomic E-state index is 0.290. The molecule has 0 amide bonds. The maximum atomic E-state index is 12.4. The van der Waals surface area contributed by atoms with Gasteiger partial charge in [-0.3, -0.25) is 4.98 Å². The fraction of sp³-hybridized carbons (Fsp3) is 0.583. The molecular weight excluding hydrogens is 243 g/mol. The van der Waals surface area contributed by atoms with Crippen molar-refractivity contribution in [3.63, 3.8) is 0 Å². The molecule has 18 heavy (non-hydrogen) atoms. The molecule has 0 saturated heterocycles. The van der Waals surface area contributed by atoms with E-state index < -0.39 is 12.7 Å². The molecule has 0 radical (unpaired) electrons. The molecule has 1 N–H and O–H groups in total. The van der Waals surface area contributed by atoms with E-state index in [2.05, 4.69) is 10.3 Å². The van der Waals surface area contributed by atoms with Crippen LogP contribution in [0.5, 0.6) is 0 Å². The predicted octanol–water partition coefficient (Wildman–Crippen LogP) is 3.29. The van der Waals surface area contributed by atoms with Crippen molar-refractivity contribution in [2.75, 3.05) is 29.9 Å². The Morgan fingerprint density at radius 3 is 2.56 bits per heavy atom. The zero-order valence-electron chi connectivity index (χ0n) is 10.6. The number of halogens is 3. The van der Waals surface area contributed by atoms with E-state index in [4.69, 9.17) is 0 Å². The van der Waals surface area contributed by atoms with Crippen LogP contribution < -0.4 is 10.2 Å². The molecule has 0 atom stereocenters. The highest BCUT2D eigenvalue weighted by Gasteiger charge is 2.30.